The maximum Gasteiger partial charge on any atom is 0.433 e. The molecule has 1 fully saturated rings. The predicted molar refractivity (Wildman–Crippen MR) is 103 cm³/mol. The molecule has 2 heterocycles. The van der Waals surface area contributed by atoms with E-state index in [2.05, 4.69) is 9.88 Å². The summed E-state index contributed by atoms with van der Waals surface area (Å²) in [6, 6.07) is 11.4. The van der Waals surface area contributed by atoms with E-state index in [1.165, 1.54) is 13.0 Å². The minimum absolute atomic E-state index is 0.0647. The molecule has 1 aromatic carbocycles. The Morgan fingerprint density at radius 1 is 1.17 bits per heavy atom. The first-order chi connectivity index (χ1) is 13.8. The van der Waals surface area contributed by atoms with Gasteiger partial charge in [-0.05, 0) is 24.6 Å². The third-order valence-corrected chi connectivity index (χ3v) is 5.11. The fraction of sp³-hybridized carbons (Fsp3) is 0.429. The van der Waals surface area contributed by atoms with Crippen LogP contribution >= 0.6 is 0 Å². The predicted octanol–water partition coefficient (Wildman–Crippen LogP) is 3.55. The number of benzene rings is 1. The largest absolute Gasteiger partial charge is 0.433 e. The van der Waals surface area contributed by atoms with E-state index in [1.54, 1.807) is 11.9 Å². The average molecular weight is 407 g/mol. The second kappa shape index (κ2) is 8.92. The molecule has 1 aromatic heterocycles. The van der Waals surface area contributed by atoms with Gasteiger partial charge >= 0.3 is 6.18 Å². The molecule has 29 heavy (non-hydrogen) atoms. The maximum absolute atomic E-state index is 13.1. The van der Waals surface area contributed by atoms with Gasteiger partial charge < -0.3 is 9.64 Å². The molecule has 1 amide bonds. The van der Waals surface area contributed by atoms with Crippen LogP contribution in [0.2, 0.25) is 0 Å². The van der Waals surface area contributed by atoms with Crippen molar-refractivity contribution in [3.8, 4) is 0 Å². The van der Waals surface area contributed by atoms with Crippen molar-refractivity contribution >= 4 is 5.91 Å². The Kier molecular flexibility index (Phi) is 6.54. The van der Waals surface area contributed by atoms with Crippen LogP contribution in [0.15, 0.2) is 42.5 Å². The molecule has 1 aliphatic heterocycles. The number of hydrogen-bond acceptors (Lipinski definition) is 4. The number of halogens is 3. The summed E-state index contributed by atoms with van der Waals surface area (Å²) in [5.41, 5.74) is 0.202. The minimum Gasteiger partial charge on any atom is -0.379 e. The van der Waals surface area contributed by atoms with E-state index in [0.717, 1.165) is 24.7 Å². The SMILES string of the molecule is Cc1nc(C(F)(F)F)ccc1C(=O)N(C)C(CN1CCOCC1)c1ccccc1. The molecule has 0 N–H and O–H groups in total. The number of likely N-dealkylation sites (N-methyl/N-ethyl adjacent to an activating group) is 1. The van der Waals surface area contributed by atoms with Crippen LogP contribution in [0.3, 0.4) is 0 Å². The summed E-state index contributed by atoms with van der Waals surface area (Å²) in [4.78, 5) is 20.6. The molecule has 1 aliphatic rings. The van der Waals surface area contributed by atoms with Crippen molar-refractivity contribution in [2.45, 2.75) is 19.1 Å². The zero-order chi connectivity index (χ0) is 21.0. The Morgan fingerprint density at radius 3 is 2.41 bits per heavy atom. The number of aromatic nitrogens is 1. The Balaban J connectivity index is 1.86. The van der Waals surface area contributed by atoms with Crippen molar-refractivity contribution in [1.29, 1.82) is 0 Å². The van der Waals surface area contributed by atoms with Gasteiger partial charge in [0, 0.05) is 26.7 Å². The Hall–Kier alpha value is -2.45. The first-order valence-corrected chi connectivity index (χ1v) is 9.44. The van der Waals surface area contributed by atoms with Crippen LogP contribution in [0, 0.1) is 6.92 Å². The van der Waals surface area contributed by atoms with Gasteiger partial charge in [0.2, 0.25) is 0 Å². The number of ether oxygens (including phenoxy) is 1. The van der Waals surface area contributed by atoms with Gasteiger partial charge in [-0.15, -0.1) is 0 Å². The van der Waals surface area contributed by atoms with Crippen molar-refractivity contribution in [3.05, 3.63) is 65.0 Å². The third-order valence-electron chi connectivity index (χ3n) is 5.11. The number of carbonyl (C=O) groups is 1. The van der Waals surface area contributed by atoms with Gasteiger partial charge in [-0.25, -0.2) is 4.98 Å². The van der Waals surface area contributed by atoms with Gasteiger partial charge in [-0.2, -0.15) is 13.2 Å². The Bertz CT molecular complexity index is 837. The number of hydrogen-bond donors (Lipinski definition) is 0. The molecule has 1 atom stereocenters. The van der Waals surface area contributed by atoms with E-state index < -0.39 is 11.9 Å². The van der Waals surface area contributed by atoms with Crippen LogP contribution in [-0.2, 0) is 10.9 Å². The summed E-state index contributed by atoms with van der Waals surface area (Å²) >= 11 is 0. The van der Waals surface area contributed by atoms with E-state index in [-0.39, 0.29) is 23.2 Å². The zero-order valence-corrected chi connectivity index (χ0v) is 16.4. The number of aryl methyl sites for hydroxylation is 1. The summed E-state index contributed by atoms with van der Waals surface area (Å²) < 4.78 is 44.1. The van der Waals surface area contributed by atoms with Crippen LogP contribution in [0.5, 0.6) is 0 Å². The lowest BCUT2D eigenvalue weighted by Crippen LogP contribution is -2.44. The Labute approximate surface area is 168 Å². The average Bonchev–Trinajstić information content (AvgIpc) is 2.71. The second-order valence-electron chi connectivity index (χ2n) is 7.08. The molecule has 0 aliphatic carbocycles. The maximum atomic E-state index is 13.1. The van der Waals surface area contributed by atoms with E-state index in [0.29, 0.717) is 19.8 Å². The number of pyridine rings is 1. The summed E-state index contributed by atoms with van der Waals surface area (Å²) in [5.74, 6) is -0.356. The van der Waals surface area contributed by atoms with Gasteiger partial charge in [0.1, 0.15) is 5.69 Å². The van der Waals surface area contributed by atoms with Crippen LogP contribution in [-0.4, -0.2) is 60.6 Å². The third kappa shape index (κ3) is 5.13. The molecule has 0 spiro atoms. The monoisotopic (exact) mass is 407 g/mol. The minimum atomic E-state index is -4.54. The summed E-state index contributed by atoms with van der Waals surface area (Å²) in [6.45, 7) is 4.86. The lowest BCUT2D eigenvalue weighted by molar-refractivity contribution is -0.141. The van der Waals surface area contributed by atoms with Gasteiger partial charge in [0.25, 0.3) is 5.91 Å². The lowest BCUT2D eigenvalue weighted by atomic mass is 10.0. The summed E-state index contributed by atoms with van der Waals surface area (Å²) in [5, 5.41) is 0. The smallest absolute Gasteiger partial charge is 0.379 e. The van der Waals surface area contributed by atoms with Gasteiger partial charge in [-0.1, -0.05) is 30.3 Å². The van der Waals surface area contributed by atoms with Crippen molar-refractivity contribution in [2.24, 2.45) is 0 Å². The first kappa shape index (κ1) is 21.3. The standard InChI is InChI=1S/C21H24F3N3O2/c1-15-17(8-9-19(25-15)21(22,23)24)20(28)26(2)18(16-6-4-3-5-7-16)14-27-10-12-29-13-11-27/h3-9,18H,10-14H2,1-2H3. The molecule has 8 heteroatoms. The molecular weight excluding hydrogens is 383 g/mol. The fourth-order valence-electron chi connectivity index (χ4n) is 3.43. The molecular formula is C21H24F3N3O2. The number of nitrogens with zero attached hydrogens (tertiary/aromatic N) is 3. The van der Waals surface area contributed by atoms with Crippen molar-refractivity contribution < 1.29 is 22.7 Å². The second-order valence-corrected chi connectivity index (χ2v) is 7.08. The quantitative estimate of drug-likeness (QED) is 0.761. The van der Waals surface area contributed by atoms with Crippen molar-refractivity contribution in [2.75, 3.05) is 39.9 Å². The molecule has 3 rings (SSSR count). The van der Waals surface area contributed by atoms with Gasteiger partial charge in [0.15, 0.2) is 0 Å². The van der Waals surface area contributed by atoms with E-state index in [1.807, 2.05) is 30.3 Å². The van der Waals surface area contributed by atoms with E-state index >= 15 is 0 Å². The van der Waals surface area contributed by atoms with Crippen molar-refractivity contribution in [1.82, 2.24) is 14.8 Å². The number of morpholine rings is 1. The van der Waals surface area contributed by atoms with Crippen LogP contribution < -0.4 is 0 Å². The van der Waals surface area contributed by atoms with Gasteiger partial charge in [-0.3, -0.25) is 9.69 Å². The normalized spacial score (nSPS) is 16.4. The molecule has 1 saturated heterocycles. The highest BCUT2D eigenvalue weighted by molar-refractivity contribution is 5.95. The lowest BCUT2D eigenvalue weighted by Gasteiger charge is -2.35. The van der Waals surface area contributed by atoms with E-state index in [4.69, 9.17) is 4.74 Å². The highest BCUT2D eigenvalue weighted by Gasteiger charge is 2.34. The Morgan fingerprint density at radius 2 is 1.83 bits per heavy atom. The highest BCUT2D eigenvalue weighted by Crippen LogP contribution is 2.29. The number of alkyl halides is 3. The van der Waals surface area contributed by atoms with Gasteiger partial charge in [0.05, 0.1) is 30.5 Å². The van der Waals surface area contributed by atoms with Crippen LogP contribution in [0.25, 0.3) is 0 Å². The van der Waals surface area contributed by atoms with Crippen LogP contribution in [0.1, 0.15) is 33.4 Å². The summed E-state index contributed by atoms with van der Waals surface area (Å²) in [6.07, 6.45) is -4.54. The fourth-order valence-corrected chi connectivity index (χ4v) is 3.43. The molecule has 0 radical (unpaired) electrons. The molecule has 2 aromatic rings. The zero-order valence-electron chi connectivity index (χ0n) is 16.4. The van der Waals surface area contributed by atoms with Crippen LogP contribution in [0.4, 0.5) is 13.2 Å². The topological polar surface area (TPSA) is 45.7 Å². The molecule has 0 bridgehead atoms. The van der Waals surface area contributed by atoms with Crippen molar-refractivity contribution in [3.63, 3.8) is 0 Å². The molecule has 1 unspecified atom stereocenters. The number of rotatable bonds is 5. The summed E-state index contributed by atoms with van der Waals surface area (Å²) in [7, 11) is 1.68. The number of amides is 1. The molecule has 0 saturated carbocycles. The highest BCUT2D eigenvalue weighted by atomic mass is 19.4. The van der Waals surface area contributed by atoms with E-state index in [9.17, 15) is 18.0 Å². The first-order valence-electron chi connectivity index (χ1n) is 9.44. The molecule has 156 valence electrons. The number of carbonyl (C=O) groups excluding carboxylic acids is 1. The molecule has 5 nitrogen and oxygen atoms in total.